The molecule has 0 unspecified atom stereocenters. The summed E-state index contributed by atoms with van der Waals surface area (Å²) in [6.07, 6.45) is 6.88. The van der Waals surface area contributed by atoms with Gasteiger partial charge in [0.25, 0.3) is 0 Å². The number of hydrogen-bond donors (Lipinski definition) is 3. The maximum atomic E-state index is 11.8. The lowest BCUT2D eigenvalue weighted by atomic mass is 9.96. The third-order valence-corrected chi connectivity index (χ3v) is 3.85. The second-order valence-corrected chi connectivity index (χ2v) is 5.52. The number of carbonyl (C=O) groups is 1. The molecule has 4 N–H and O–H groups in total. The van der Waals surface area contributed by atoms with E-state index in [0.717, 1.165) is 24.8 Å². The van der Waals surface area contributed by atoms with E-state index in [1.54, 1.807) is 0 Å². The molecule has 4 heteroatoms. The molecular formula is C16H25N3O. The van der Waals surface area contributed by atoms with Gasteiger partial charge in [-0.2, -0.15) is 0 Å². The van der Waals surface area contributed by atoms with E-state index in [4.69, 9.17) is 5.73 Å². The molecule has 0 heterocycles. The average molecular weight is 275 g/mol. The second-order valence-electron chi connectivity index (χ2n) is 5.52. The third-order valence-electron chi connectivity index (χ3n) is 3.85. The van der Waals surface area contributed by atoms with Gasteiger partial charge in [0, 0.05) is 12.6 Å². The van der Waals surface area contributed by atoms with Crippen molar-refractivity contribution in [3.8, 4) is 0 Å². The molecule has 0 radical (unpaired) electrons. The predicted molar refractivity (Wildman–Crippen MR) is 81.4 cm³/mol. The van der Waals surface area contributed by atoms with Gasteiger partial charge < -0.3 is 16.4 Å². The van der Waals surface area contributed by atoms with Crippen LogP contribution < -0.4 is 16.4 Å². The molecule has 20 heavy (non-hydrogen) atoms. The molecule has 110 valence electrons. The van der Waals surface area contributed by atoms with Gasteiger partial charge in [-0.25, -0.2) is 4.79 Å². The van der Waals surface area contributed by atoms with Crippen molar-refractivity contribution < 1.29 is 4.79 Å². The van der Waals surface area contributed by atoms with E-state index < -0.39 is 0 Å². The SMILES string of the molecule is NCCc1ccc(CNC(=O)NC2CCCCC2)cc1. The van der Waals surface area contributed by atoms with E-state index in [1.165, 1.54) is 24.8 Å². The highest BCUT2D eigenvalue weighted by atomic mass is 16.2. The zero-order chi connectivity index (χ0) is 14.2. The van der Waals surface area contributed by atoms with Crippen molar-refractivity contribution in [2.45, 2.75) is 51.1 Å². The van der Waals surface area contributed by atoms with Gasteiger partial charge in [0.15, 0.2) is 0 Å². The number of hydrogen-bond acceptors (Lipinski definition) is 2. The molecule has 2 rings (SSSR count). The average Bonchev–Trinajstić information content (AvgIpc) is 2.48. The zero-order valence-electron chi connectivity index (χ0n) is 12.0. The quantitative estimate of drug-likeness (QED) is 0.772. The lowest BCUT2D eigenvalue weighted by Gasteiger charge is -2.22. The maximum absolute atomic E-state index is 11.8. The Balaban J connectivity index is 1.72. The lowest BCUT2D eigenvalue weighted by molar-refractivity contribution is 0.232. The van der Waals surface area contributed by atoms with E-state index in [9.17, 15) is 4.79 Å². The van der Waals surface area contributed by atoms with E-state index >= 15 is 0 Å². The first kappa shape index (κ1) is 14.9. The Bertz CT molecular complexity index is 410. The lowest BCUT2D eigenvalue weighted by Crippen LogP contribution is -2.42. The highest BCUT2D eigenvalue weighted by Crippen LogP contribution is 2.17. The number of amides is 2. The van der Waals surface area contributed by atoms with E-state index in [1.807, 2.05) is 12.1 Å². The van der Waals surface area contributed by atoms with Gasteiger partial charge >= 0.3 is 6.03 Å². The number of carbonyl (C=O) groups excluding carboxylic acids is 1. The van der Waals surface area contributed by atoms with Crippen molar-refractivity contribution in [3.05, 3.63) is 35.4 Å². The van der Waals surface area contributed by atoms with Crippen molar-refractivity contribution >= 4 is 6.03 Å². The summed E-state index contributed by atoms with van der Waals surface area (Å²) in [5.74, 6) is 0. The first-order chi connectivity index (χ1) is 9.78. The molecule has 1 saturated carbocycles. The van der Waals surface area contributed by atoms with Gasteiger partial charge in [0.2, 0.25) is 0 Å². The molecule has 0 spiro atoms. The largest absolute Gasteiger partial charge is 0.335 e. The fourth-order valence-electron chi connectivity index (χ4n) is 2.66. The second kappa shape index (κ2) is 7.90. The van der Waals surface area contributed by atoms with Crippen LogP contribution in [-0.4, -0.2) is 18.6 Å². The fraction of sp³-hybridized carbons (Fsp3) is 0.562. The van der Waals surface area contributed by atoms with Crippen LogP contribution in [0, 0.1) is 0 Å². The van der Waals surface area contributed by atoms with Gasteiger partial charge in [-0.15, -0.1) is 0 Å². The Hall–Kier alpha value is -1.55. The first-order valence-electron chi connectivity index (χ1n) is 7.60. The van der Waals surface area contributed by atoms with Crippen molar-refractivity contribution in [1.82, 2.24) is 10.6 Å². The van der Waals surface area contributed by atoms with Crippen LogP contribution in [0.5, 0.6) is 0 Å². The topological polar surface area (TPSA) is 67.1 Å². The van der Waals surface area contributed by atoms with Gasteiger partial charge in [0.1, 0.15) is 0 Å². The number of nitrogens with one attached hydrogen (secondary N) is 2. The number of nitrogens with two attached hydrogens (primary N) is 1. The van der Waals surface area contributed by atoms with Crippen LogP contribution >= 0.6 is 0 Å². The molecule has 1 aromatic rings. The monoisotopic (exact) mass is 275 g/mol. The van der Waals surface area contributed by atoms with Crippen LogP contribution in [0.1, 0.15) is 43.2 Å². The molecular weight excluding hydrogens is 250 g/mol. The van der Waals surface area contributed by atoms with Crippen molar-refractivity contribution in [2.24, 2.45) is 5.73 Å². The van der Waals surface area contributed by atoms with Gasteiger partial charge in [0.05, 0.1) is 0 Å². The van der Waals surface area contributed by atoms with Crippen LogP contribution in [0.25, 0.3) is 0 Å². The molecule has 1 aliphatic rings. The van der Waals surface area contributed by atoms with Crippen molar-refractivity contribution in [3.63, 3.8) is 0 Å². The Morgan fingerprint density at radius 3 is 2.40 bits per heavy atom. The molecule has 2 amide bonds. The number of rotatable bonds is 5. The standard InChI is InChI=1S/C16H25N3O/c17-11-10-13-6-8-14(9-7-13)12-18-16(20)19-15-4-2-1-3-5-15/h6-9,15H,1-5,10-12,17H2,(H2,18,19,20). The van der Waals surface area contributed by atoms with Gasteiger partial charge in [-0.05, 0) is 36.9 Å². The summed E-state index contributed by atoms with van der Waals surface area (Å²) in [5, 5.41) is 5.98. The Morgan fingerprint density at radius 2 is 1.75 bits per heavy atom. The summed E-state index contributed by atoms with van der Waals surface area (Å²) < 4.78 is 0. The molecule has 1 aromatic carbocycles. The Labute approximate surface area is 121 Å². The summed E-state index contributed by atoms with van der Waals surface area (Å²) in [4.78, 5) is 11.8. The molecule has 4 nitrogen and oxygen atoms in total. The molecule has 1 aliphatic carbocycles. The summed E-state index contributed by atoms with van der Waals surface area (Å²) in [6, 6.07) is 8.54. The van der Waals surface area contributed by atoms with Gasteiger partial charge in [-0.1, -0.05) is 43.5 Å². The van der Waals surface area contributed by atoms with Crippen molar-refractivity contribution in [2.75, 3.05) is 6.54 Å². The zero-order valence-corrected chi connectivity index (χ0v) is 12.0. The van der Waals surface area contributed by atoms with Crippen molar-refractivity contribution in [1.29, 1.82) is 0 Å². The maximum Gasteiger partial charge on any atom is 0.315 e. The third kappa shape index (κ3) is 4.85. The highest BCUT2D eigenvalue weighted by molar-refractivity contribution is 5.74. The van der Waals surface area contributed by atoms with Crippen LogP contribution in [0.3, 0.4) is 0 Å². The summed E-state index contributed by atoms with van der Waals surface area (Å²) in [6.45, 7) is 1.24. The molecule has 0 atom stereocenters. The van der Waals surface area contributed by atoms with E-state index in [2.05, 4.69) is 22.8 Å². The van der Waals surface area contributed by atoms with Crippen LogP contribution in [0.2, 0.25) is 0 Å². The van der Waals surface area contributed by atoms with Gasteiger partial charge in [-0.3, -0.25) is 0 Å². The number of urea groups is 1. The van der Waals surface area contributed by atoms with Crippen LogP contribution in [-0.2, 0) is 13.0 Å². The van der Waals surface area contributed by atoms with Crippen LogP contribution in [0.15, 0.2) is 24.3 Å². The predicted octanol–water partition coefficient (Wildman–Crippen LogP) is 2.32. The van der Waals surface area contributed by atoms with E-state index in [0.29, 0.717) is 19.1 Å². The fourth-order valence-corrected chi connectivity index (χ4v) is 2.66. The minimum absolute atomic E-state index is 0.0528. The van der Waals surface area contributed by atoms with E-state index in [-0.39, 0.29) is 6.03 Å². The molecule has 0 bridgehead atoms. The molecule has 0 saturated heterocycles. The minimum Gasteiger partial charge on any atom is -0.335 e. The molecule has 1 fully saturated rings. The summed E-state index contributed by atoms with van der Waals surface area (Å²) >= 11 is 0. The summed E-state index contributed by atoms with van der Waals surface area (Å²) in [5.41, 5.74) is 7.87. The Kier molecular flexibility index (Phi) is 5.87. The summed E-state index contributed by atoms with van der Waals surface area (Å²) in [7, 11) is 0. The molecule has 0 aliphatic heterocycles. The first-order valence-corrected chi connectivity index (χ1v) is 7.60. The highest BCUT2D eigenvalue weighted by Gasteiger charge is 2.15. The molecule has 0 aromatic heterocycles. The Morgan fingerprint density at radius 1 is 1.10 bits per heavy atom. The number of benzene rings is 1. The smallest absolute Gasteiger partial charge is 0.315 e. The normalized spacial score (nSPS) is 15.8. The van der Waals surface area contributed by atoms with Crippen LogP contribution in [0.4, 0.5) is 4.79 Å². The minimum atomic E-state index is -0.0528.